The number of hydrogen-bond acceptors (Lipinski definition) is 5. The van der Waals surface area contributed by atoms with E-state index in [4.69, 9.17) is 14.7 Å². The Bertz CT molecular complexity index is 413. The maximum Gasteiger partial charge on any atom is 0.298 e. The van der Waals surface area contributed by atoms with E-state index in [0.29, 0.717) is 6.47 Å². The molecule has 1 rings (SSSR count). The van der Waals surface area contributed by atoms with Crippen LogP contribution in [-0.2, 0) is 9.68 Å². The highest BCUT2D eigenvalue weighted by Crippen LogP contribution is 2.28. The van der Waals surface area contributed by atoms with Crippen LogP contribution in [0.5, 0.6) is 11.5 Å². The lowest BCUT2D eigenvalue weighted by Crippen LogP contribution is -2.14. The zero-order valence-electron chi connectivity index (χ0n) is 9.04. The zero-order chi connectivity index (χ0) is 12.7. The molecule has 17 heavy (non-hydrogen) atoms. The van der Waals surface area contributed by atoms with Crippen molar-refractivity contribution in [1.82, 2.24) is 0 Å². The first kappa shape index (κ1) is 13.0. The molecule has 0 spiro atoms. The van der Waals surface area contributed by atoms with Crippen molar-refractivity contribution in [2.24, 2.45) is 0 Å². The topological polar surface area (TPSA) is 65.0 Å². The van der Waals surface area contributed by atoms with Crippen molar-refractivity contribution in [2.45, 2.75) is 6.10 Å². The second-order valence-corrected chi connectivity index (χ2v) is 2.99. The molecule has 1 N–H and O–H groups in total. The first-order valence-corrected chi connectivity index (χ1v) is 4.71. The number of carbonyl (C=O) groups is 1. The molecule has 0 aliphatic carbocycles. The number of carbonyl (C=O) groups excluding carboxylic acids is 1. The van der Waals surface area contributed by atoms with Gasteiger partial charge in [0.15, 0.2) is 17.6 Å². The van der Waals surface area contributed by atoms with Crippen LogP contribution < -0.4 is 9.47 Å². The highest BCUT2D eigenvalue weighted by Gasteiger charge is 2.13. The van der Waals surface area contributed by atoms with Gasteiger partial charge in [-0.3, -0.25) is 10.1 Å². The average Bonchev–Trinajstić information content (AvgIpc) is 2.33. The van der Waals surface area contributed by atoms with Crippen LogP contribution in [0.1, 0.15) is 0 Å². The summed E-state index contributed by atoms with van der Waals surface area (Å²) in [5, 5.41) is 8.55. The lowest BCUT2D eigenvalue weighted by Gasteiger charge is -2.14. The third-order valence-electron chi connectivity index (χ3n) is 1.91. The number of para-hydroxylation sites is 2. The Balaban J connectivity index is 2.83. The van der Waals surface area contributed by atoms with Crippen LogP contribution in [-0.4, -0.2) is 17.8 Å². The lowest BCUT2D eigenvalue weighted by molar-refractivity contribution is -0.260. The van der Waals surface area contributed by atoms with Crippen LogP contribution in [0, 0.1) is 0 Å². The smallest absolute Gasteiger partial charge is 0.298 e. The summed E-state index contributed by atoms with van der Waals surface area (Å²) in [4.78, 5) is 14.4. The van der Waals surface area contributed by atoms with E-state index in [2.05, 4.69) is 18.0 Å². The van der Waals surface area contributed by atoms with Gasteiger partial charge in [0.25, 0.3) is 6.47 Å². The van der Waals surface area contributed by atoms with Gasteiger partial charge in [-0.15, -0.1) is 0 Å². The monoisotopic (exact) mass is 236 g/mol. The molecule has 90 valence electrons. The van der Waals surface area contributed by atoms with E-state index >= 15 is 0 Å². The van der Waals surface area contributed by atoms with Crippen LogP contribution >= 0.6 is 0 Å². The average molecular weight is 236 g/mol. The van der Waals surface area contributed by atoms with Crippen molar-refractivity contribution in [1.29, 1.82) is 0 Å². The summed E-state index contributed by atoms with van der Waals surface area (Å²) in [6, 6.07) is 6.52. The van der Waals surface area contributed by atoms with Crippen molar-refractivity contribution in [3.05, 3.63) is 49.3 Å². The number of rotatable bonds is 7. The summed E-state index contributed by atoms with van der Waals surface area (Å²) in [6.07, 6.45) is 0.449. The third-order valence-corrected chi connectivity index (χ3v) is 1.91. The minimum Gasteiger partial charge on any atom is -0.455 e. The molecule has 1 aromatic rings. The van der Waals surface area contributed by atoms with E-state index in [1.54, 1.807) is 24.3 Å². The fourth-order valence-electron chi connectivity index (χ4n) is 1.12. The predicted octanol–water partition coefficient (Wildman–Crippen LogP) is 2.16. The maximum absolute atomic E-state index is 10.3. The Morgan fingerprint density at radius 3 is 2.53 bits per heavy atom. The molecule has 0 amide bonds. The Morgan fingerprint density at radius 1 is 1.35 bits per heavy atom. The molecule has 5 nitrogen and oxygen atoms in total. The van der Waals surface area contributed by atoms with Crippen molar-refractivity contribution in [2.75, 3.05) is 0 Å². The van der Waals surface area contributed by atoms with Gasteiger partial charge < -0.3 is 9.47 Å². The van der Waals surface area contributed by atoms with Crippen molar-refractivity contribution < 1.29 is 24.4 Å². The van der Waals surface area contributed by atoms with Gasteiger partial charge in [0.05, 0.1) is 0 Å². The Labute approximate surface area is 98.5 Å². The van der Waals surface area contributed by atoms with Crippen LogP contribution in [0.15, 0.2) is 49.3 Å². The Kier molecular flexibility index (Phi) is 4.93. The Hall–Kier alpha value is -2.11. The predicted molar refractivity (Wildman–Crippen MR) is 60.6 cm³/mol. The normalized spacial score (nSPS) is 11.4. The highest BCUT2D eigenvalue weighted by molar-refractivity contribution is 5.51. The van der Waals surface area contributed by atoms with Crippen molar-refractivity contribution >= 4 is 6.47 Å². The lowest BCUT2D eigenvalue weighted by atomic mass is 10.3. The number of ether oxygens (including phenoxy) is 2. The molecule has 0 aromatic heterocycles. The second kappa shape index (κ2) is 6.47. The molecule has 0 aliphatic heterocycles. The highest BCUT2D eigenvalue weighted by atomic mass is 17.1. The van der Waals surface area contributed by atoms with E-state index < -0.39 is 6.10 Å². The first-order chi connectivity index (χ1) is 8.22. The summed E-state index contributed by atoms with van der Waals surface area (Å²) in [5.74, 6) is 0.641. The second-order valence-electron chi connectivity index (χ2n) is 2.99. The standard InChI is InChI=1S/C12H12O5/c1-3-10(17-14)9(2)16-12-7-5-4-6-11(12)15-8-13/h3-8,10,14H,1-2H2. The molecule has 0 aliphatic rings. The van der Waals surface area contributed by atoms with Gasteiger partial charge in [-0.25, -0.2) is 4.89 Å². The number of benzene rings is 1. The van der Waals surface area contributed by atoms with Gasteiger partial charge in [-0.1, -0.05) is 31.4 Å². The quantitative estimate of drug-likeness (QED) is 0.258. The molecule has 1 unspecified atom stereocenters. The van der Waals surface area contributed by atoms with E-state index in [0.717, 1.165) is 0 Å². The van der Waals surface area contributed by atoms with Gasteiger partial charge in [-0.2, -0.15) is 0 Å². The van der Waals surface area contributed by atoms with E-state index in [9.17, 15) is 4.79 Å². The summed E-state index contributed by atoms with van der Waals surface area (Å²) < 4.78 is 10.0. The van der Waals surface area contributed by atoms with Crippen LogP contribution in [0.2, 0.25) is 0 Å². The van der Waals surface area contributed by atoms with Crippen molar-refractivity contribution in [3.8, 4) is 11.5 Å². The van der Waals surface area contributed by atoms with Crippen LogP contribution in [0.4, 0.5) is 0 Å². The molecular weight excluding hydrogens is 224 g/mol. The SMILES string of the molecule is C=CC(OO)C(=C)Oc1ccccc1OC=O. The largest absolute Gasteiger partial charge is 0.455 e. The summed E-state index contributed by atoms with van der Waals surface area (Å²) in [5.41, 5.74) is 0. The summed E-state index contributed by atoms with van der Waals surface area (Å²) in [6.45, 7) is 7.30. The van der Waals surface area contributed by atoms with Crippen LogP contribution in [0.3, 0.4) is 0 Å². The molecule has 0 bridgehead atoms. The third kappa shape index (κ3) is 3.44. The molecule has 5 heteroatoms. The first-order valence-electron chi connectivity index (χ1n) is 4.71. The number of hydrogen-bond donors (Lipinski definition) is 1. The van der Waals surface area contributed by atoms with Gasteiger partial charge in [-0.05, 0) is 12.1 Å². The molecule has 1 atom stereocenters. The zero-order valence-corrected chi connectivity index (χ0v) is 9.04. The fourth-order valence-corrected chi connectivity index (χ4v) is 1.12. The Morgan fingerprint density at radius 2 is 2.00 bits per heavy atom. The van der Waals surface area contributed by atoms with Crippen molar-refractivity contribution in [3.63, 3.8) is 0 Å². The van der Waals surface area contributed by atoms with Gasteiger partial charge in [0.2, 0.25) is 0 Å². The maximum atomic E-state index is 10.3. The van der Waals surface area contributed by atoms with Crippen LogP contribution in [0.25, 0.3) is 0 Å². The van der Waals surface area contributed by atoms with E-state index in [-0.39, 0.29) is 17.3 Å². The molecule has 0 fully saturated rings. The fraction of sp³-hybridized carbons (Fsp3) is 0.0833. The van der Waals surface area contributed by atoms with Gasteiger partial charge in [0.1, 0.15) is 5.76 Å². The van der Waals surface area contributed by atoms with E-state index in [1.807, 2.05) is 0 Å². The molecule has 0 saturated heterocycles. The molecule has 0 radical (unpaired) electrons. The summed E-state index contributed by atoms with van der Waals surface area (Å²) in [7, 11) is 0. The van der Waals surface area contributed by atoms with Gasteiger partial charge in [0, 0.05) is 0 Å². The molecule has 0 heterocycles. The molecular formula is C12H12O5. The van der Waals surface area contributed by atoms with Gasteiger partial charge >= 0.3 is 0 Å². The molecule has 1 aromatic carbocycles. The minimum atomic E-state index is -0.862. The summed E-state index contributed by atoms with van der Waals surface area (Å²) >= 11 is 0. The molecule has 0 saturated carbocycles. The minimum absolute atomic E-state index is 0.115. The van der Waals surface area contributed by atoms with E-state index in [1.165, 1.54) is 6.08 Å².